The first-order chi connectivity index (χ1) is 13.0. The Hall–Kier alpha value is -2.95. The lowest BCUT2D eigenvalue weighted by molar-refractivity contribution is -0.131. The number of amides is 3. The van der Waals surface area contributed by atoms with Crippen LogP contribution in [0.1, 0.15) is 46.8 Å². The van der Waals surface area contributed by atoms with Crippen LogP contribution in [0.15, 0.2) is 48.5 Å². The van der Waals surface area contributed by atoms with E-state index in [1.54, 1.807) is 6.07 Å². The molecule has 0 bridgehead atoms. The highest BCUT2D eigenvalue weighted by atomic mass is 16.2. The van der Waals surface area contributed by atoms with Crippen LogP contribution in [0.3, 0.4) is 0 Å². The maximum absolute atomic E-state index is 13.1. The Balaban J connectivity index is 1.58. The Bertz CT molecular complexity index is 922. The first kappa shape index (κ1) is 17.5. The molecule has 1 saturated heterocycles. The number of urea groups is 1. The number of hydrogen-bond donors (Lipinski definition) is 1. The summed E-state index contributed by atoms with van der Waals surface area (Å²) >= 11 is 0. The summed E-state index contributed by atoms with van der Waals surface area (Å²) in [5.41, 5.74) is 2.68. The van der Waals surface area contributed by atoms with Crippen molar-refractivity contribution in [3.8, 4) is 0 Å². The van der Waals surface area contributed by atoms with Crippen molar-refractivity contribution in [1.82, 2.24) is 10.2 Å². The summed E-state index contributed by atoms with van der Waals surface area (Å²) < 4.78 is 0. The van der Waals surface area contributed by atoms with Crippen LogP contribution in [-0.2, 0) is 23.2 Å². The molecule has 2 aromatic rings. The van der Waals surface area contributed by atoms with Crippen molar-refractivity contribution in [1.29, 1.82) is 0 Å². The molecule has 5 nitrogen and oxygen atoms in total. The second-order valence-electron chi connectivity index (χ2n) is 7.21. The van der Waals surface area contributed by atoms with Gasteiger partial charge in [0.05, 0.1) is 6.54 Å². The predicted molar refractivity (Wildman–Crippen MR) is 101 cm³/mol. The molecule has 2 aromatic carbocycles. The fourth-order valence-electron chi connectivity index (χ4n) is 4.11. The standard InChI is InChI=1S/C22H22N2O3/c1-2-22(18-9-4-3-5-10-18)20(26)24(21(27)23-22)14-19(25)17-12-11-15-7-6-8-16(15)13-17/h3-5,9-13H,2,6-8,14H2,1H3,(H,23,27). The monoisotopic (exact) mass is 362 g/mol. The van der Waals surface area contributed by atoms with Crippen LogP contribution in [-0.4, -0.2) is 29.2 Å². The Labute approximate surface area is 158 Å². The number of carbonyl (C=O) groups is 3. The maximum atomic E-state index is 13.1. The fourth-order valence-corrected chi connectivity index (χ4v) is 4.11. The van der Waals surface area contributed by atoms with E-state index in [1.165, 1.54) is 11.1 Å². The third-order valence-electron chi connectivity index (χ3n) is 5.69. The molecule has 1 aliphatic heterocycles. The number of imide groups is 1. The highest BCUT2D eigenvalue weighted by molar-refractivity contribution is 6.11. The number of hydrogen-bond acceptors (Lipinski definition) is 3. The van der Waals surface area contributed by atoms with Gasteiger partial charge in [-0.25, -0.2) is 4.79 Å². The Morgan fingerprint density at radius 2 is 1.81 bits per heavy atom. The summed E-state index contributed by atoms with van der Waals surface area (Å²) in [5.74, 6) is -0.580. The van der Waals surface area contributed by atoms with E-state index in [0.717, 1.165) is 29.7 Å². The number of nitrogens with one attached hydrogen (secondary N) is 1. The van der Waals surface area contributed by atoms with Gasteiger partial charge in [0.1, 0.15) is 5.54 Å². The first-order valence-electron chi connectivity index (χ1n) is 9.40. The van der Waals surface area contributed by atoms with Gasteiger partial charge >= 0.3 is 6.03 Å². The number of nitrogens with zero attached hydrogens (tertiary/aromatic N) is 1. The zero-order valence-corrected chi connectivity index (χ0v) is 15.3. The van der Waals surface area contributed by atoms with Crippen molar-refractivity contribution in [2.24, 2.45) is 0 Å². The molecule has 0 saturated carbocycles. The van der Waals surface area contributed by atoms with Gasteiger partial charge in [-0.05, 0) is 48.4 Å². The number of aryl methyl sites for hydroxylation is 2. The number of benzene rings is 2. The number of fused-ring (bicyclic) bond motifs is 1. The van der Waals surface area contributed by atoms with E-state index in [2.05, 4.69) is 5.32 Å². The number of carbonyl (C=O) groups excluding carboxylic acids is 3. The van der Waals surface area contributed by atoms with E-state index >= 15 is 0 Å². The first-order valence-corrected chi connectivity index (χ1v) is 9.40. The molecule has 0 aromatic heterocycles. The predicted octanol–water partition coefficient (Wildman–Crippen LogP) is 3.22. The molecular weight excluding hydrogens is 340 g/mol. The van der Waals surface area contributed by atoms with Crippen LogP contribution >= 0.6 is 0 Å². The van der Waals surface area contributed by atoms with Crippen LogP contribution in [0.5, 0.6) is 0 Å². The van der Waals surface area contributed by atoms with Crippen LogP contribution < -0.4 is 5.32 Å². The van der Waals surface area contributed by atoms with Gasteiger partial charge in [0.25, 0.3) is 5.91 Å². The summed E-state index contributed by atoms with van der Waals surface area (Å²) in [6.07, 6.45) is 3.56. The smallest absolute Gasteiger partial charge is 0.319 e. The van der Waals surface area contributed by atoms with Gasteiger partial charge in [-0.1, -0.05) is 49.4 Å². The molecule has 138 valence electrons. The largest absolute Gasteiger partial charge is 0.325 e. The molecule has 1 N–H and O–H groups in total. The van der Waals surface area contributed by atoms with E-state index in [9.17, 15) is 14.4 Å². The number of Topliss-reactive ketones (excluding diaryl/α,β-unsaturated/α-hetero) is 1. The van der Waals surface area contributed by atoms with Crippen molar-refractivity contribution in [2.75, 3.05) is 6.54 Å². The minimum absolute atomic E-state index is 0.215. The molecule has 1 unspecified atom stereocenters. The molecule has 0 spiro atoms. The van der Waals surface area contributed by atoms with Crippen LogP contribution in [0.2, 0.25) is 0 Å². The highest BCUT2D eigenvalue weighted by Gasteiger charge is 2.51. The highest BCUT2D eigenvalue weighted by Crippen LogP contribution is 2.32. The third-order valence-corrected chi connectivity index (χ3v) is 5.69. The van der Waals surface area contributed by atoms with Crippen molar-refractivity contribution in [3.63, 3.8) is 0 Å². The van der Waals surface area contributed by atoms with E-state index in [1.807, 2.05) is 49.4 Å². The summed E-state index contributed by atoms with van der Waals surface area (Å²) in [6.45, 7) is 1.62. The Morgan fingerprint density at radius 1 is 1.07 bits per heavy atom. The minimum atomic E-state index is -1.10. The second kappa shape index (κ2) is 6.65. The van der Waals surface area contributed by atoms with Crippen LogP contribution in [0.4, 0.5) is 4.79 Å². The SMILES string of the molecule is CCC1(c2ccccc2)NC(=O)N(CC(=O)c2ccc3c(c2)CCC3)C1=O. The fraction of sp³-hybridized carbons (Fsp3) is 0.318. The van der Waals surface area contributed by atoms with Crippen molar-refractivity contribution >= 4 is 17.7 Å². The molecule has 5 heteroatoms. The average molecular weight is 362 g/mol. The van der Waals surface area contributed by atoms with Crippen molar-refractivity contribution < 1.29 is 14.4 Å². The molecule has 1 aliphatic carbocycles. The summed E-state index contributed by atoms with van der Waals surface area (Å²) in [4.78, 5) is 39.4. The van der Waals surface area contributed by atoms with E-state index in [0.29, 0.717) is 12.0 Å². The van der Waals surface area contributed by atoms with Gasteiger partial charge in [0.2, 0.25) is 0 Å². The lowest BCUT2D eigenvalue weighted by atomic mass is 9.87. The van der Waals surface area contributed by atoms with Crippen molar-refractivity contribution in [2.45, 2.75) is 38.1 Å². The molecule has 0 radical (unpaired) electrons. The maximum Gasteiger partial charge on any atom is 0.325 e. The molecule has 1 atom stereocenters. The van der Waals surface area contributed by atoms with Gasteiger partial charge in [-0.3, -0.25) is 14.5 Å². The molecule has 1 heterocycles. The van der Waals surface area contributed by atoms with Crippen molar-refractivity contribution in [3.05, 3.63) is 70.8 Å². The summed E-state index contributed by atoms with van der Waals surface area (Å²) in [5, 5.41) is 2.82. The van der Waals surface area contributed by atoms with Crippen LogP contribution in [0, 0.1) is 0 Å². The summed E-state index contributed by atoms with van der Waals surface area (Å²) in [6, 6.07) is 14.4. The van der Waals surface area contributed by atoms with Gasteiger partial charge in [0, 0.05) is 5.56 Å². The second-order valence-corrected chi connectivity index (χ2v) is 7.21. The zero-order chi connectivity index (χ0) is 19.0. The van der Waals surface area contributed by atoms with E-state index < -0.39 is 11.6 Å². The lowest BCUT2D eigenvalue weighted by Crippen LogP contribution is -2.43. The molecule has 3 amide bonds. The molecule has 1 fully saturated rings. The van der Waals surface area contributed by atoms with Gasteiger partial charge in [0.15, 0.2) is 5.78 Å². The number of rotatable bonds is 5. The van der Waals surface area contributed by atoms with Gasteiger partial charge in [-0.2, -0.15) is 0 Å². The number of ketones is 1. The minimum Gasteiger partial charge on any atom is -0.319 e. The quantitative estimate of drug-likeness (QED) is 0.656. The van der Waals surface area contributed by atoms with Crippen LogP contribution in [0.25, 0.3) is 0 Å². The Kier molecular flexibility index (Phi) is 4.30. The zero-order valence-electron chi connectivity index (χ0n) is 15.3. The topological polar surface area (TPSA) is 66.5 Å². The van der Waals surface area contributed by atoms with E-state index in [4.69, 9.17) is 0 Å². The van der Waals surface area contributed by atoms with Gasteiger partial charge in [-0.15, -0.1) is 0 Å². The Morgan fingerprint density at radius 3 is 2.56 bits per heavy atom. The molecule has 27 heavy (non-hydrogen) atoms. The average Bonchev–Trinajstić information content (AvgIpc) is 3.26. The van der Waals surface area contributed by atoms with Gasteiger partial charge < -0.3 is 5.32 Å². The molecule has 4 rings (SSSR count). The van der Waals surface area contributed by atoms with E-state index in [-0.39, 0.29) is 18.2 Å². The lowest BCUT2D eigenvalue weighted by Gasteiger charge is -2.25. The molecule has 2 aliphatic rings. The summed E-state index contributed by atoms with van der Waals surface area (Å²) in [7, 11) is 0. The normalized spacial score (nSPS) is 21.3. The molecular formula is C22H22N2O3. The third kappa shape index (κ3) is 2.83.